The number of rotatable bonds is 12. The summed E-state index contributed by atoms with van der Waals surface area (Å²) in [6, 6.07) is 0. The molecule has 0 saturated carbocycles. The van der Waals surface area contributed by atoms with Gasteiger partial charge in [-0.3, -0.25) is 0 Å². The van der Waals surface area contributed by atoms with E-state index in [9.17, 15) is 10.2 Å². The molecule has 136 valence electrons. The minimum Gasteiger partial charge on any atom is -0.394 e. The molecule has 0 radical (unpaired) electrons. The molecule has 1 aliphatic heterocycles. The molecule has 1 rings (SSSR count). The summed E-state index contributed by atoms with van der Waals surface area (Å²) in [6.45, 7) is 2.55. The largest absolute Gasteiger partial charge is 0.394 e. The Labute approximate surface area is 140 Å². The van der Waals surface area contributed by atoms with Gasteiger partial charge in [0.05, 0.1) is 13.2 Å². The Balaban J connectivity index is 2.03. The zero-order chi connectivity index (χ0) is 16.9. The maximum Gasteiger partial charge on any atom is 0.114 e. The van der Waals surface area contributed by atoms with Crippen LogP contribution in [0.4, 0.5) is 0 Å². The third-order valence-electron chi connectivity index (χ3n) is 4.22. The third-order valence-corrected chi connectivity index (χ3v) is 4.22. The van der Waals surface area contributed by atoms with Crippen LogP contribution in [0.25, 0.3) is 0 Å². The van der Waals surface area contributed by atoms with E-state index in [1.54, 1.807) is 0 Å². The molecule has 1 saturated heterocycles. The first-order chi connectivity index (χ1) is 11.2. The van der Waals surface area contributed by atoms with E-state index in [1.165, 1.54) is 25.7 Å². The number of aliphatic hydroxyl groups is 3. The van der Waals surface area contributed by atoms with Crippen LogP contribution in [0.3, 0.4) is 0 Å². The van der Waals surface area contributed by atoms with E-state index in [4.69, 9.17) is 14.6 Å². The van der Waals surface area contributed by atoms with Gasteiger partial charge in [0.15, 0.2) is 0 Å². The van der Waals surface area contributed by atoms with E-state index in [2.05, 4.69) is 19.1 Å². The number of hydrogen-bond donors (Lipinski definition) is 3. The predicted octanol–water partition coefficient (Wildman–Crippen LogP) is 2.18. The fraction of sp³-hybridized carbons (Fsp3) is 0.889. The molecule has 0 aromatic carbocycles. The van der Waals surface area contributed by atoms with Crippen LogP contribution >= 0.6 is 0 Å². The molecule has 0 aromatic heterocycles. The number of hydrogen-bond acceptors (Lipinski definition) is 5. The van der Waals surface area contributed by atoms with Crippen LogP contribution in [-0.2, 0) is 9.47 Å². The number of allylic oxidation sites excluding steroid dienone is 2. The average Bonchev–Trinajstić information content (AvgIpc) is 2.55. The lowest BCUT2D eigenvalue weighted by molar-refractivity contribution is -0.210. The molecular formula is C18H34O5. The Hall–Kier alpha value is -0.460. The van der Waals surface area contributed by atoms with Crippen molar-refractivity contribution in [3.8, 4) is 0 Å². The molecule has 23 heavy (non-hydrogen) atoms. The summed E-state index contributed by atoms with van der Waals surface area (Å²) in [5, 5.41) is 28.9. The second-order valence-corrected chi connectivity index (χ2v) is 6.26. The Morgan fingerprint density at radius 2 is 1.74 bits per heavy atom. The highest BCUT2D eigenvalue weighted by atomic mass is 16.6. The predicted molar refractivity (Wildman–Crippen MR) is 90.3 cm³/mol. The number of ether oxygens (including phenoxy) is 2. The Kier molecular flexibility index (Phi) is 11.5. The van der Waals surface area contributed by atoms with Crippen LogP contribution in [0.5, 0.6) is 0 Å². The van der Waals surface area contributed by atoms with Gasteiger partial charge in [-0.2, -0.15) is 0 Å². The van der Waals surface area contributed by atoms with Gasteiger partial charge in [0.1, 0.15) is 24.4 Å². The van der Waals surface area contributed by atoms with E-state index in [0.717, 1.165) is 25.7 Å². The molecule has 0 spiro atoms. The van der Waals surface area contributed by atoms with E-state index in [1.807, 2.05) is 0 Å². The van der Waals surface area contributed by atoms with E-state index in [-0.39, 0.29) is 13.2 Å². The van der Waals surface area contributed by atoms with Crippen molar-refractivity contribution in [3.05, 3.63) is 12.2 Å². The third kappa shape index (κ3) is 8.27. The molecule has 0 unspecified atom stereocenters. The highest BCUT2D eigenvalue weighted by Crippen LogP contribution is 2.19. The molecule has 1 fully saturated rings. The number of unbranched alkanes of at least 4 members (excludes halogenated alkanes) is 6. The van der Waals surface area contributed by atoms with Gasteiger partial charge in [-0.25, -0.2) is 0 Å². The summed E-state index contributed by atoms with van der Waals surface area (Å²) in [5.41, 5.74) is 0. The Morgan fingerprint density at radius 3 is 2.39 bits per heavy atom. The maximum absolute atomic E-state index is 9.98. The monoisotopic (exact) mass is 330 g/mol. The molecule has 1 aliphatic rings. The van der Waals surface area contributed by atoms with Gasteiger partial charge in [0, 0.05) is 6.61 Å². The van der Waals surface area contributed by atoms with Crippen molar-refractivity contribution in [3.63, 3.8) is 0 Å². The van der Waals surface area contributed by atoms with Gasteiger partial charge >= 0.3 is 0 Å². The van der Waals surface area contributed by atoms with E-state index in [0.29, 0.717) is 6.61 Å². The zero-order valence-corrected chi connectivity index (χ0v) is 14.4. The fourth-order valence-electron chi connectivity index (χ4n) is 2.73. The van der Waals surface area contributed by atoms with Crippen LogP contribution in [0.1, 0.15) is 58.3 Å². The summed E-state index contributed by atoms with van der Waals surface area (Å²) in [5.74, 6) is 0. The normalized spacial score (nSPS) is 28.5. The molecule has 3 N–H and O–H groups in total. The van der Waals surface area contributed by atoms with Crippen molar-refractivity contribution in [2.45, 2.75) is 82.7 Å². The topological polar surface area (TPSA) is 79.2 Å². The lowest BCUT2D eigenvalue weighted by Crippen LogP contribution is -2.55. The van der Waals surface area contributed by atoms with Crippen molar-refractivity contribution in [1.82, 2.24) is 0 Å². The second-order valence-electron chi connectivity index (χ2n) is 6.26. The molecule has 0 aromatic rings. The first-order valence-electron chi connectivity index (χ1n) is 9.05. The molecule has 1 heterocycles. The van der Waals surface area contributed by atoms with Crippen LogP contribution in [0.2, 0.25) is 0 Å². The van der Waals surface area contributed by atoms with Crippen molar-refractivity contribution in [1.29, 1.82) is 0 Å². The molecule has 0 amide bonds. The Bertz CT molecular complexity index is 308. The number of aliphatic hydroxyl groups excluding tert-OH is 3. The highest BCUT2D eigenvalue weighted by Gasteiger charge is 2.38. The fourth-order valence-corrected chi connectivity index (χ4v) is 2.73. The van der Waals surface area contributed by atoms with Gasteiger partial charge < -0.3 is 24.8 Å². The van der Waals surface area contributed by atoms with E-state index < -0.39 is 24.4 Å². The summed E-state index contributed by atoms with van der Waals surface area (Å²) in [7, 11) is 0. The van der Waals surface area contributed by atoms with Crippen molar-refractivity contribution in [2.24, 2.45) is 0 Å². The summed E-state index contributed by atoms with van der Waals surface area (Å²) >= 11 is 0. The SMILES string of the molecule is CCCCC/C=C/CCCCCO[C@@H]1[C@@H](O)[C@H](CO)OC[C@H]1O. The van der Waals surface area contributed by atoms with Crippen LogP contribution in [0.15, 0.2) is 12.2 Å². The Morgan fingerprint density at radius 1 is 1.04 bits per heavy atom. The summed E-state index contributed by atoms with van der Waals surface area (Å²) < 4.78 is 10.8. The van der Waals surface area contributed by atoms with Crippen LogP contribution in [-0.4, -0.2) is 59.6 Å². The molecule has 5 nitrogen and oxygen atoms in total. The van der Waals surface area contributed by atoms with Crippen molar-refractivity contribution >= 4 is 0 Å². The van der Waals surface area contributed by atoms with Crippen molar-refractivity contribution < 1.29 is 24.8 Å². The first-order valence-corrected chi connectivity index (χ1v) is 9.05. The smallest absolute Gasteiger partial charge is 0.114 e. The highest BCUT2D eigenvalue weighted by molar-refractivity contribution is 4.87. The molecule has 4 atom stereocenters. The standard InChI is InChI=1S/C18H34O5/c1-2-3-4-5-6-7-8-9-10-11-12-22-18-15(20)14-23-16(13-19)17(18)21/h6-7,15-21H,2-5,8-14H2,1H3/b7-6+/t15-,16+,17+,18+/m1/s1. The first kappa shape index (κ1) is 20.6. The minimum atomic E-state index is -0.977. The lowest BCUT2D eigenvalue weighted by Gasteiger charge is -2.37. The molecule has 0 bridgehead atoms. The van der Waals surface area contributed by atoms with Gasteiger partial charge in [0.2, 0.25) is 0 Å². The van der Waals surface area contributed by atoms with Gasteiger partial charge in [0.25, 0.3) is 0 Å². The quantitative estimate of drug-likeness (QED) is 0.377. The van der Waals surface area contributed by atoms with Gasteiger partial charge in [-0.05, 0) is 32.1 Å². The van der Waals surface area contributed by atoms with Crippen LogP contribution in [0, 0.1) is 0 Å². The lowest BCUT2D eigenvalue weighted by atomic mass is 10.0. The average molecular weight is 330 g/mol. The molecule has 5 heteroatoms. The van der Waals surface area contributed by atoms with E-state index >= 15 is 0 Å². The molecule has 0 aliphatic carbocycles. The summed E-state index contributed by atoms with van der Waals surface area (Å²) in [6.07, 6.45) is 10.6. The minimum absolute atomic E-state index is 0.0930. The zero-order valence-electron chi connectivity index (χ0n) is 14.4. The van der Waals surface area contributed by atoms with Gasteiger partial charge in [-0.15, -0.1) is 0 Å². The molecular weight excluding hydrogens is 296 g/mol. The van der Waals surface area contributed by atoms with Crippen LogP contribution < -0.4 is 0 Å². The maximum atomic E-state index is 9.98. The second kappa shape index (κ2) is 12.9. The summed E-state index contributed by atoms with van der Waals surface area (Å²) in [4.78, 5) is 0. The van der Waals surface area contributed by atoms with Gasteiger partial charge in [-0.1, -0.05) is 38.3 Å². The van der Waals surface area contributed by atoms with Crippen molar-refractivity contribution in [2.75, 3.05) is 19.8 Å².